The SMILES string of the molecule is CCCCCCCC/C=C\CCCCCC(=O)NC(COP(=O)([O-])OCC[N+](C)(C)C)C(/C=C\CCCCCCCCCCCCC)OC(=O)CCCCCCCCCCCCCCCCCCCCCCC. The normalized spacial score (nSPS) is 13.8. The van der Waals surface area contributed by atoms with E-state index in [9.17, 15) is 19.0 Å². The van der Waals surface area contributed by atoms with E-state index in [0.717, 1.165) is 70.6 Å². The molecular weight excluding hydrogens is 928 g/mol. The van der Waals surface area contributed by atoms with Crippen LogP contribution in [0.4, 0.5) is 0 Å². The summed E-state index contributed by atoms with van der Waals surface area (Å²) in [6, 6.07) is -0.890. The van der Waals surface area contributed by atoms with Crippen LogP contribution in [0.3, 0.4) is 0 Å². The minimum atomic E-state index is -4.69. The fourth-order valence-electron chi connectivity index (χ4n) is 9.46. The Bertz CT molecular complexity index is 1300. The molecule has 0 rings (SSSR count). The van der Waals surface area contributed by atoms with Crippen molar-refractivity contribution in [3.63, 3.8) is 0 Å². The lowest BCUT2D eigenvalue weighted by atomic mass is 10.0. The fourth-order valence-corrected chi connectivity index (χ4v) is 10.2. The number of quaternary nitrogens is 1. The van der Waals surface area contributed by atoms with Crippen LogP contribution in [0.5, 0.6) is 0 Å². The smallest absolute Gasteiger partial charge is 0.306 e. The number of phosphoric ester groups is 1. The van der Waals surface area contributed by atoms with Gasteiger partial charge in [-0.2, -0.15) is 0 Å². The Balaban J connectivity index is 5.19. The van der Waals surface area contributed by atoms with Gasteiger partial charge in [0.25, 0.3) is 7.82 Å². The van der Waals surface area contributed by atoms with E-state index in [1.165, 1.54) is 212 Å². The molecule has 0 saturated heterocycles. The van der Waals surface area contributed by atoms with Gasteiger partial charge in [-0.1, -0.05) is 270 Å². The molecule has 73 heavy (non-hydrogen) atoms. The number of hydrogen-bond donors (Lipinski definition) is 1. The van der Waals surface area contributed by atoms with Gasteiger partial charge in [-0.15, -0.1) is 0 Å². The summed E-state index contributed by atoms with van der Waals surface area (Å²) in [5.74, 6) is -0.543. The second-order valence-electron chi connectivity index (χ2n) is 22.9. The highest BCUT2D eigenvalue weighted by Crippen LogP contribution is 2.38. The maximum Gasteiger partial charge on any atom is 0.306 e. The zero-order valence-electron chi connectivity index (χ0n) is 49.4. The number of unbranched alkanes of at least 4 members (excludes halogenated alkanes) is 40. The third-order valence-electron chi connectivity index (χ3n) is 14.4. The first-order valence-corrected chi connectivity index (χ1v) is 33.1. The van der Waals surface area contributed by atoms with Crippen LogP contribution in [0.1, 0.15) is 316 Å². The topological polar surface area (TPSA) is 114 Å². The molecule has 1 amide bonds. The molecule has 0 aliphatic rings. The molecule has 0 heterocycles. The highest BCUT2D eigenvalue weighted by molar-refractivity contribution is 7.45. The second kappa shape index (κ2) is 53.9. The summed E-state index contributed by atoms with van der Waals surface area (Å²) < 4.78 is 30.3. The molecule has 10 heteroatoms. The Hall–Kier alpha value is -1.51. The maximum atomic E-state index is 13.5. The average Bonchev–Trinajstić information content (AvgIpc) is 3.35. The molecule has 0 saturated carbocycles. The monoisotopic (exact) mass is 1050 g/mol. The number of nitrogens with zero attached hydrogens (tertiary/aromatic N) is 1. The molecule has 9 nitrogen and oxygen atoms in total. The van der Waals surface area contributed by atoms with Crippen molar-refractivity contribution in [2.75, 3.05) is 40.9 Å². The quantitative estimate of drug-likeness (QED) is 0.0212. The largest absolute Gasteiger partial charge is 0.756 e. The lowest BCUT2D eigenvalue weighted by Gasteiger charge is -2.30. The Morgan fingerprint density at radius 3 is 1.18 bits per heavy atom. The van der Waals surface area contributed by atoms with Crippen LogP contribution in [0.25, 0.3) is 0 Å². The summed E-state index contributed by atoms with van der Waals surface area (Å²) in [6.45, 7) is 6.87. The van der Waals surface area contributed by atoms with Crippen LogP contribution >= 0.6 is 7.82 Å². The molecule has 0 aliphatic carbocycles. The fraction of sp³-hybridized carbons (Fsp3) is 0.905. The number of allylic oxidation sites excluding steroid dienone is 3. The minimum Gasteiger partial charge on any atom is -0.756 e. The van der Waals surface area contributed by atoms with Gasteiger partial charge in [0.2, 0.25) is 5.91 Å². The van der Waals surface area contributed by atoms with Crippen LogP contribution in [-0.2, 0) is 27.9 Å². The summed E-state index contributed by atoms with van der Waals surface area (Å²) in [5.41, 5.74) is 0. The van der Waals surface area contributed by atoms with E-state index < -0.39 is 20.0 Å². The van der Waals surface area contributed by atoms with Gasteiger partial charge in [-0.3, -0.25) is 14.2 Å². The van der Waals surface area contributed by atoms with Crippen molar-refractivity contribution in [1.29, 1.82) is 0 Å². The number of esters is 1. The minimum absolute atomic E-state index is 0.0215. The lowest BCUT2D eigenvalue weighted by Crippen LogP contribution is -2.47. The van der Waals surface area contributed by atoms with Crippen LogP contribution in [0.15, 0.2) is 24.3 Å². The molecule has 0 aromatic rings. The number of ether oxygens (including phenoxy) is 1. The van der Waals surface area contributed by atoms with Gasteiger partial charge in [0, 0.05) is 12.8 Å². The first-order valence-electron chi connectivity index (χ1n) is 31.6. The number of carbonyl (C=O) groups is 2. The lowest BCUT2D eigenvalue weighted by molar-refractivity contribution is -0.870. The van der Waals surface area contributed by atoms with Crippen molar-refractivity contribution in [2.24, 2.45) is 0 Å². The van der Waals surface area contributed by atoms with Crippen molar-refractivity contribution in [2.45, 2.75) is 328 Å². The number of nitrogens with one attached hydrogen (secondary N) is 1. The van der Waals surface area contributed by atoms with Gasteiger partial charge in [0.1, 0.15) is 19.3 Å². The molecule has 0 radical (unpaired) electrons. The molecule has 0 aromatic carbocycles. The summed E-state index contributed by atoms with van der Waals surface area (Å²) >= 11 is 0. The molecular formula is C63H123N2O7P. The first kappa shape index (κ1) is 71.5. The van der Waals surface area contributed by atoms with Crippen LogP contribution < -0.4 is 10.2 Å². The van der Waals surface area contributed by atoms with Gasteiger partial charge in [0.15, 0.2) is 0 Å². The van der Waals surface area contributed by atoms with Crippen LogP contribution in [0.2, 0.25) is 0 Å². The summed E-state index contributed by atoms with van der Waals surface area (Å²) in [5, 5.41) is 3.02. The molecule has 0 spiro atoms. The van der Waals surface area contributed by atoms with Gasteiger partial charge in [-0.05, 0) is 57.4 Å². The average molecular weight is 1050 g/mol. The summed E-state index contributed by atoms with van der Waals surface area (Å²) in [4.78, 5) is 39.9. The summed E-state index contributed by atoms with van der Waals surface area (Å²) in [6.07, 6.45) is 62.9. The second-order valence-corrected chi connectivity index (χ2v) is 24.3. The molecule has 3 unspecified atom stereocenters. The highest BCUT2D eigenvalue weighted by Gasteiger charge is 2.27. The highest BCUT2D eigenvalue weighted by atomic mass is 31.2. The van der Waals surface area contributed by atoms with Crippen molar-refractivity contribution < 1.29 is 37.3 Å². The number of amides is 1. The Labute approximate surface area is 454 Å². The molecule has 0 bridgehead atoms. The molecule has 432 valence electrons. The molecule has 0 aromatic heterocycles. The van der Waals surface area contributed by atoms with E-state index in [-0.39, 0.29) is 31.5 Å². The Kier molecular flexibility index (Phi) is 52.8. The van der Waals surface area contributed by atoms with Gasteiger partial charge < -0.3 is 28.5 Å². The molecule has 1 N–H and O–H groups in total. The number of phosphoric acid groups is 1. The van der Waals surface area contributed by atoms with E-state index >= 15 is 0 Å². The van der Waals surface area contributed by atoms with Crippen molar-refractivity contribution in [3.8, 4) is 0 Å². The van der Waals surface area contributed by atoms with E-state index in [4.69, 9.17) is 13.8 Å². The predicted molar refractivity (Wildman–Crippen MR) is 312 cm³/mol. The van der Waals surface area contributed by atoms with Gasteiger partial charge in [-0.25, -0.2) is 0 Å². The van der Waals surface area contributed by atoms with E-state index in [1.54, 1.807) is 0 Å². The number of carbonyl (C=O) groups excluding carboxylic acids is 2. The molecule has 0 fully saturated rings. The van der Waals surface area contributed by atoms with Gasteiger partial charge >= 0.3 is 5.97 Å². The number of rotatable bonds is 58. The van der Waals surface area contributed by atoms with Gasteiger partial charge in [0.05, 0.1) is 33.8 Å². The Morgan fingerprint density at radius 2 is 0.795 bits per heavy atom. The third kappa shape index (κ3) is 55.1. The standard InChI is InChI=1S/C63H123N2O7P/c1-7-10-13-16-19-22-25-28-29-30-31-32-33-34-35-38-41-44-47-50-53-56-63(67)72-61(54-51-48-45-42-39-36-26-23-20-17-14-11-8-2)60(59-71-73(68,69)70-58-57-65(4,5)6)64-62(66)55-52-49-46-43-40-37-27-24-21-18-15-12-9-3/h37,40,51,54,60-61H,7-36,38-39,41-50,52-53,55-59H2,1-6H3,(H-,64,66,68,69)/b40-37-,54-51-. The Morgan fingerprint density at radius 1 is 0.466 bits per heavy atom. The van der Waals surface area contributed by atoms with E-state index in [2.05, 4.69) is 38.2 Å². The number of likely N-dealkylation sites (N-methyl/N-ethyl adjacent to an activating group) is 1. The van der Waals surface area contributed by atoms with Crippen LogP contribution in [-0.4, -0.2) is 69.4 Å². The zero-order valence-corrected chi connectivity index (χ0v) is 50.3. The van der Waals surface area contributed by atoms with Crippen molar-refractivity contribution >= 4 is 19.7 Å². The number of hydrogen-bond acceptors (Lipinski definition) is 7. The van der Waals surface area contributed by atoms with Crippen molar-refractivity contribution in [1.82, 2.24) is 5.32 Å². The maximum absolute atomic E-state index is 13.5. The first-order chi connectivity index (χ1) is 35.4. The predicted octanol–water partition coefficient (Wildman–Crippen LogP) is 18.7. The zero-order chi connectivity index (χ0) is 53.6. The molecule has 3 atom stereocenters. The van der Waals surface area contributed by atoms with Crippen molar-refractivity contribution in [3.05, 3.63) is 24.3 Å². The van der Waals surface area contributed by atoms with E-state index in [1.807, 2.05) is 33.3 Å². The summed E-state index contributed by atoms with van der Waals surface area (Å²) in [7, 11) is 1.19. The third-order valence-corrected chi connectivity index (χ3v) is 15.3. The molecule has 0 aliphatic heterocycles. The van der Waals surface area contributed by atoms with E-state index in [0.29, 0.717) is 17.4 Å². The van der Waals surface area contributed by atoms with Crippen LogP contribution in [0, 0.1) is 0 Å².